The summed E-state index contributed by atoms with van der Waals surface area (Å²) < 4.78 is 5.35. The Bertz CT molecular complexity index is 551. The van der Waals surface area contributed by atoms with Crippen molar-refractivity contribution in [2.45, 2.75) is 52.6 Å². The quantitative estimate of drug-likeness (QED) is 0.209. The highest BCUT2D eigenvalue weighted by Crippen LogP contribution is 2.05. The molecule has 0 aliphatic rings. The normalized spacial score (nSPS) is 11.7. The van der Waals surface area contributed by atoms with Gasteiger partial charge in [0.15, 0.2) is 5.96 Å². The first-order valence-electron chi connectivity index (χ1n) is 9.81. The summed E-state index contributed by atoms with van der Waals surface area (Å²) in [7, 11) is 3.48. The van der Waals surface area contributed by atoms with Gasteiger partial charge in [0.05, 0.1) is 6.26 Å². The van der Waals surface area contributed by atoms with E-state index in [9.17, 15) is 4.79 Å². The minimum Gasteiger partial charge on any atom is -0.469 e. The second-order valence-electron chi connectivity index (χ2n) is 7.41. The summed E-state index contributed by atoms with van der Waals surface area (Å²) in [6, 6.07) is 4.89. The minimum atomic E-state index is -0.0204. The van der Waals surface area contributed by atoms with E-state index in [1.54, 1.807) is 25.3 Å². The van der Waals surface area contributed by atoms with Crippen molar-refractivity contribution < 1.29 is 9.21 Å². The summed E-state index contributed by atoms with van der Waals surface area (Å²) >= 11 is 0. The number of guanidine groups is 1. The van der Waals surface area contributed by atoms with Crippen LogP contribution in [0.3, 0.4) is 0 Å². The fraction of sp³-hybridized carbons (Fsp3) is 0.700. The molecule has 2 N–H and O–H groups in total. The number of carbonyl (C=O) groups is 1. The Morgan fingerprint density at radius 2 is 1.79 bits per heavy atom. The molecule has 0 fully saturated rings. The number of amides is 1. The van der Waals surface area contributed by atoms with Crippen LogP contribution in [0.5, 0.6) is 0 Å². The van der Waals surface area contributed by atoms with E-state index in [-0.39, 0.29) is 36.4 Å². The Hall–Kier alpha value is -1.29. The van der Waals surface area contributed by atoms with Gasteiger partial charge in [0.25, 0.3) is 0 Å². The second kappa shape index (κ2) is 14.7. The van der Waals surface area contributed by atoms with E-state index in [4.69, 9.17) is 4.42 Å². The predicted octanol–water partition coefficient (Wildman–Crippen LogP) is 2.57. The molecule has 1 heterocycles. The lowest BCUT2D eigenvalue weighted by Gasteiger charge is -2.30. The van der Waals surface area contributed by atoms with Crippen LogP contribution in [-0.4, -0.2) is 74.0 Å². The van der Waals surface area contributed by atoms with E-state index < -0.39 is 0 Å². The first kappa shape index (κ1) is 26.7. The topological polar surface area (TPSA) is 73.1 Å². The maximum absolute atomic E-state index is 11.8. The van der Waals surface area contributed by atoms with Gasteiger partial charge in [-0.25, -0.2) is 4.99 Å². The van der Waals surface area contributed by atoms with Crippen LogP contribution in [0.2, 0.25) is 0 Å². The number of halogens is 1. The van der Waals surface area contributed by atoms with Crippen molar-refractivity contribution in [3.05, 3.63) is 24.2 Å². The van der Waals surface area contributed by atoms with Crippen LogP contribution in [0.15, 0.2) is 27.8 Å². The lowest BCUT2D eigenvalue weighted by Crippen LogP contribution is -2.42. The monoisotopic (exact) mass is 507 g/mol. The number of nitrogens with zero attached hydrogens (tertiary/aromatic N) is 3. The number of furan rings is 1. The molecule has 0 saturated carbocycles. The van der Waals surface area contributed by atoms with Gasteiger partial charge in [0, 0.05) is 52.2 Å². The van der Waals surface area contributed by atoms with E-state index >= 15 is 0 Å². The fourth-order valence-electron chi connectivity index (χ4n) is 2.80. The zero-order valence-corrected chi connectivity index (χ0v) is 20.5. The van der Waals surface area contributed by atoms with Gasteiger partial charge in [0.2, 0.25) is 5.91 Å². The smallest absolute Gasteiger partial charge is 0.243 e. The molecule has 0 aromatic carbocycles. The highest BCUT2D eigenvalue weighted by molar-refractivity contribution is 14.0. The largest absolute Gasteiger partial charge is 0.469 e. The van der Waals surface area contributed by atoms with Crippen molar-refractivity contribution >= 4 is 35.8 Å². The molecule has 0 saturated heterocycles. The molecule has 0 radical (unpaired) electrons. The SMILES string of the molecule is CC(C)N(CCCNC(=NCC(=O)N(C)C)NCCc1ccco1)C(C)C.I. The molecule has 0 atom stereocenters. The Labute approximate surface area is 187 Å². The number of rotatable bonds is 11. The lowest BCUT2D eigenvalue weighted by molar-refractivity contribution is -0.127. The van der Waals surface area contributed by atoms with Crippen LogP contribution >= 0.6 is 24.0 Å². The third kappa shape index (κ3) is 10.9. The van der Waals surface area contributed by atoms with E-state index in [1.807, 2.05) is 12.1 Å². The first-order chi connectivity index (χ1) is 12.8. The van der Waals surface area contributed by atoms with E-state index in [1.165, 1.54) is 0 Å². The van der Waals surface area contributed by atoms with E-state index in [2.05, 4.69) is 48.2 Å². The maximum Gasteiger partial charge on any atom is 0.243 e. The van der Waals surface area contributed by atoms with Gasteiger partial charge >= 0.3 is 0 Å². The minimum absolute atomic E-state index is 0. The van der Waals surface area contributed by atoms with Crippen LogP contribution in [0.4, 0.5) is 0 Å². The maximum atomic E-state index is 11.8. The number of likely N-dealkylation sites (N-methyl/N-ethyl adjacent to an activating group) is 1. The van der Waals surface area contributed by atoms with Gasteiger partial charge in [-0.2, -0.15) is 0 Å². The van der Waals surface area contributed by atoms with Crippen molar-refractivity contribution in [1.82, 2.24) is 20.4 Å². The molecule has 0 bridgehead atoms. The fourth-order valence-corrected chi connectivity index (χ4v) is 2.80. The first-order valence-corrected chi connectivity index (χ1v) is 9.81. The molecular weight excluding hydrogens is 469 g/mol. The summed E-state index contributed by atoms with van der Waals surface area (Å²) in [4.78, 5) is 20.2. The van der Waals surface area contributed by atoms with E-state index in [0.717, 1.165) is 31.7 Å². The van der Waals surface area contributed by atoms with Crippen LogP contribution < -0.4 is 10.6 Å². The zero-order valence-electron chi connectivity index (χ0n) is 18.2. The number of aliphatic imine (C=N–C) groups is 1. The number of carbonyl (C=O) groups excluding carboxylic acids is 1. The zero-order chi connectivity index (χ0) is 20.2. The molecule has 0 aliphatic heterocycles. The number of hydrogen-bond acceptors (Lipinski definition) is 4. The summed E-state index contributed by atoms with van der Waals surface area (Å²) in [5, 5.41) is 6.62. The molecule has 0 unspecified atom stereocenters. The Morgan fingerprint density at radius 1 is 1.14 bits per heavy atom. The third-order valence-corrected chi connectivity index (χ3v) is 4.33. The molecule has 28 heavy (non-hydrogen) atoms. The highest BCUT2D eigenvalue weighted by atomic mass is 127. The molecule has 162 valence electrons. The average Bonchev–Trinajstić information content (AvgIpc) is 3.11. The molecule has 1 amide bonds. The average molecular weight is 507 g/mol. The van der Waals surface area contributed by atoms with Gasteiger partial charge in [0.1, 0.15) is 12.3 Å². The van der Waals surface area contributed by atoms with Crippen molar-refractivity contribution in [2.75, 3.05) is 40.3 Å². The Morgan fingerprint density at radius 3 is 2.32 bits per heavy atom. The Balaban J connectivity index is 0.00000729. The van der Waals surface area contributed by atoms with Crippen LogP contribution in [0.25, 0.3) is 0 Å². The summed E-state index contributed by atoms with van der Waals surface area (Å²) in [5.74, 6) is 1.57. The predicted molar refractivity (Wildman–Crippen MR) is 126 cm³/mol. The summed E-state index contributed by atoms with van der Waals surface area (Å²) in [5.41, 5.74) is 0. The Kier molecular flexibility index (Phi) is 14.0. The summed E-state index contributed by atoms with van der Waals surface area (Å²) in [6.45, 7) is 11.6. The van der Waals surface area contributed by atoms with Crippen LogP contribution in [0.1, 0.15) is 39.9 Å². The van der Waals surface area contributed by atoms with Gasteiger partial charge in [-0.15, -0.1) is 24.0 Å². The second-order valence-corrected chi connectivity index (χ2v) is 7.41. The van der Waals surface area contributed by atoms with Gasteiger partial charge in [-0.3, -0.25) is 9.69 Å². The standard InChI is InChI=1S/C20H37N5O2.HI/c1-16(2)25(17(3)4)13-8-11-21-20(23-15-19(26)24(5)6)22-12-10-18-9-7-14-27-18;/h7,9,14,16-17H,8,10-13,15H2,1-6H3,(H2,21,22,23);1H. The molecule has 8 heteroatoms. The van der Waals surface area contributed by atoms with Gasteiger partial charge in [-0.1, -0.05) is 0 Å². The molecule has 0 spiro atoms. The molecule has 1 rings (SSSR count). The van der Waals surface area contributed by atoms with Crippen molar-refractivity contribution in [3.8, 4) is 0 Å². The van der Waals surface area contributed by atoms with Gasteiger partial charge in [-0.05, 0) is 46.2 Å². The molecule has 7 nitrogen and oxygen atoms in total. The summed E-state index contributed by atoms with van der Waals surface area (Å²) in [6.07, 6.45) is 3.45. The van der Waals surface area contributed by atoms with Gasteiger partial charge < -0.3 is 20.0 Å². The molecule has 0 aliphatic carbocycles. The van der Waals surface area contributed by atoms with Crippen LogP contribution in [-0.2, 0) is 11.2 Å². The lowest BCUT2D eigenvalue weighted by atomic mass is 10.2. The molecule has 1 aromatic rings. The third-order valence-electron chi connectivity index (χ3n) is 4.33. The molecular formula is C20H38IN5O2. The van der Waals surface area contributed by atoms with Crippen molar-refractivity contribution in [1.29, 1.82) is 0 Å². The highest BCUT2D eigenvalue weighted by Gasteiger charge is 2.12. The van der Waals surface area contributed by atoms with E-state index in [0.29, 0.717) is 24.6 Å². The van der Waals surface area contributed by atoms with Crippen LogP contribution in [0, 0.1) is 0 Å². The number of hydrogen-bond donors (Lipinski definition) is 2. The number of nitrogens with one attached hydrogen (secondary N) is 2. The molecule has 1 aromatic heterocycles. The van der Waals surface area contributed by atoms with Crippen molar-refractivity contribution in [2.24, 2.45) is 4.99 Å². The van der Waals surface area contributed by atoms with Crippen molar-refractivity contribution in [3.63, 3.8) is 0 Å².